The molecule has 0 fully saturated rings. The first-order valence-corrected chi connectivity index (χ1v) is 6.20. The van der Waals surface area contributed by atoms with Crippen LogP contribution in [-0.2, 0) is 6.61 Å². The Hall–Kier alpha value is -2.67. The summed E-state index contributed by atoms with van der Waals surface area (Å²) in [4.78, 5) is 0. The van der Waals surface area contributed by atoms with E-state index < -0.39 is 0 Å². The van der Waals surface area contributed by atoms with E-state index in [0.29, 0.717) is 29.4 Å². The first-order valence-electron chi connectivity index (χ1n) is 6.20. The number of nitrogens with two attached hydrogens (primary N) is 1. The molecule has 0 aliphatic carbocycles. The summed E-state index contributed by atoms with van der Waals surface area (Å²) in [5.41, 5.74) is 9.03. The monoisotopic (exact) mass is 268 g/mol. The highest BCUT2D eigenvalue weighted by Gasteiger charge is 2.06. The number of hydrogen-bond acceptors (Lipinski definition) is 4. The molecule has 2 aromatic rings. The number of nitrogen functional groups attached to an aromatic ring is 1. The fourth-order valence-electron chi connectivity index (χ4n) is 1.89. The van der Waals surface area contributed by atoms with Crippen LogP contribution >= 0.6 is 0 Å². The molecule has 102 valence electrons. The van der Waals surface area contributed by atoms with Crippen LogP contribution < -0.4 is 15.2 Å². The number of rotatable bonds is 4. The minimum Gasteiger partial charge on any atom is -0.493 e. The van der Waals surface area contributed by atoms with Crippen LogP contribution in [0.1, 0.15) is 16.7 Å². The topological polar surface area (TPSA) is 68.3 Å². The molecule has 0 aliphatic rings. The lowest BCUT2D eigenvalue weighted by Gasteiger charge is -2.12. The van der Waals surface area contributed by atoms with Gasteiger partial charge in [0.1, 0.15) is 6.61 Å². The Labute approximate surface area is 118 Å². The number of benzene rings is 2. The quantitative estimate of drug-likeness (QED) is 0.865. The van der Waals surface area contributed by atoms with Gasteiger partial charge >= 0.3 is 0 Å². The minimum atomic E-state index is 0.415. The molecular formula is C16H16N2O2. The maximum atomic E-state index is 8.85. The Bertz CT molecular complexity index is 660. The van der Waals surface area contributed by atoms with Crippen molar-refractivity contribution in [1.82, 2.24) is 0 Å². The Morgan fingerprint density at radius 2 is 1.95 bits per heavy atom. The molecule has 0 spiro atoms. The molecule has 0 bridgehead atoms. The van der Waals surface area contributed by atoms with E-state index in [1.807, 2.05) is 19.1 Å². The highest BCUT2D eigenvalue weighted by molar-refractivity contribution is 5.52. The van der Waals surface area contributed by atoms with E-state index in [2.05, 4.69) is 6.07 Å². The van der Waals surface area contributed by atoms with Gasteiger partial charge in [-0.2, -0.15) is 5.26 Å². The largest absolute Gasteiger partial charge is 0.493 e. The Balaban J connectivity index is 2.15. The van der Waals surface area contributed by atoms with Crippen molar-refractivity contribution in [2.45, 2.75) is 13.5 Å². The zero-order valence-electron chi connectivity index (χ0n) is 11.5. The summed E-state index contributed by atoms with van der Waals surface area (Å²) in [5, 5.41) is 8.85. The second-order valence-corrected chi connectivity index (χ2v) is 4.45. The van der Waals surface area contributed by atoms with Crippen LogP contribution in [0.5, 0.6) is 11.5 Å². The first kappa shape index (κ1) is 13.8. The molecule has 4 nitrogen and oxygen atoms in total. The maximum absolute atomic E-state index is 8.85. The number of nitrogens with zero attached hydrogens (tertiary/aromatic N) is 1. The van der Waals surface area contributed by atoms with Crippen molar-refractivity contribution >= 4 is 5.69 Å². The third-order valence-electron chi connectivity index (χ3n) is 3.04. The van der Waals surface area contributed by atoms with Gasteiger partial charge in [0.05, 0.1) is 18.7 Å². The average molecular weight is 268 g/mol. The summed E-state index contributed by atoms with van der Waals surface area (Å²) in [6.45, 7) is 2.37. The number of anilines is 1. The van der Waals surface area contributed by atoms with Crippen LogP contribution in [-0.4, -0.2) is 7.11 Å². The summed E-state index contributed by atoms with van der Waals surface area (Å²) in [7, 11) is 1.58. The third kappa shape index (κ3) is 3.01. The van der Waals surface area contributed by atoms with Gasteiger partial charge in [-0.15, -0.1) is 0 Å². The lowest BCUT2D eigenvalue weighted by atomic mass is 10.1. The molecule has 20 heavy (non-hydrogen) atoms. The summed E-state index contributed by atoms with van der Waals surface area (Å²) >= 11 is 0. The summed E-state index contributed by atoms with van der Waals surface area (Å²) in [5.74, 6) is 1.25. The smallest absolute Gasteiger partial charge is 0.162 e. The molecule has 0 amide bonds. The zero-order chi connectivity index (χ0) is 14.5. The maximum Gasteiger partial charge on any atom is 0.162 e. The van der Waals surface area contributed by atoms with E-state index in [9.17, 15) is 0 Å². The highest BCUT2D eigenvalue weighted by atomic mass is 16.5. The molecule has 0 atom stereocenters. The van der Waals surface area contributed by atoms with Gasteiger partial charge < -0.3 is 15.2 Å². The second-order valence-electron chi connectivity index (χ2n) is 4.45. The Morgan fingerprint density at radius 3 is 2.60 bits per heavy atom. The summed E-state index contributed by atoms with van der Waals surface area (Å²) in [6.07, 6.45) is 0. The molecule has 2 N–H and O–H groups in total. The van der Waals surface area contributed by atoms with Crippen molar-refractivity contribution in [3.8, 4) is 17.6 Å². The third-order valence-corrected chi connectivity index (χ3v) is 3.04. The van der Waals surface area contributed by atoms with Crippen molar-refractivity contribution in [3.05, 3.63) is 53.1 Å². The van der Waals surface area contributed by atoms with Gasteiger partial charge in [0, 0.05) is 11.8 Å². The molecule has 0 heterocycles. The zero-order valence-corrected chi connectivity index (χ0v) is 11.5. The van der Waals surface area contributed by atoms with Gasteiger partial charge in [0.2, 0.25) is 0 Å². The lowest BCUT2D eigenvalue weighted by Crippen LogP contribution is -2.00. The van der Waals surface area contributed by atoms with E-state index in [1.54, 1.807) is 31.4 Å². The van der Waals surface area contributed by atoms with Gasteiger partial charge in [0.25, 0.3) is 0 Å². The number of hydrogen-bond donors (Lipinski definition) is 1. The number of methoxy groups -OCH3 is 1. The Kier molecular flexibility index (Phi) is 4.11. The van der Waals surface area contributed by atoms with Gasteiger partial charge in [0.15, 0.2) is 11.5 Å². The molecule has 0 unspecified atom stereocenters. The lowest BCUT2D eigenvalue weighted by molar-refractivity contribution is 0.284. The highest BCUT2D eigenvalue weighted by Crippen LogP contribution is 2.29. The molecular weight excluding hydrogens is 252 g/mol. The number of aryl methyl sites for hydroxylation is 1. The van der Waals surface area contributed by atoms with Crippen LogP contribution in [0.4, 0.5) is 5.69 Å². The molecule has 4 heteroatoms. The van der Waals surface area contributed by atoms with E-state index >= 15 is 0 Å². The van der Waals surface area contributed by atoms with Crippen molar-refractivity contribution < 1.29 is 9.47 Å². The van der Waals surface area contributed by atoms with Crippen molar-refractivity contribution in [1.29, 1.82) is 5.26 Å². The van der Waals surface area contributed by atoms with Crippen LogP contribution in [0.15, 0.2) is 36.4 Å². The van der Waals surface area contributed by atoms with Gasteiger partial charge in [-0.25, -0.2) is 0 Å². The predicted molar refractivity (Wildman–Crippen MR) is 77.6 cm³/mol. The van der Waals surface area contributed by atoms with E-state index in [0.717, 1.165) is 11.1 Å². The predicted octanol–water partition coefficient (Wildman–Crippen LogP) is 3.04. The van der Waals surface area contributed by atoms with Crippen LogP contribution in [0, 0.1) is 18.3 Å². The van der Waals surface area contributed by atoms with Gasteiger partial charge in [-0.3, -0.25) is 0 Å². The normalized spacial score (nSPS) is 9.85. The molecule has 0 saturated carbocycles. The Morgan fingerprint density at radius 1 is 1.15 bits per heavy atom. The summed E-state index contributed by atoms with van der Waals surface area (Å²) in [6, 6.07) is 12.9. The molecule has 0 radical (unpaired) electrons. The number of nitriles is 1. The molecule has 0 saturated heterocycles. The second kappa shape index (κ2) is 5.98. The van der Waals surface area contributed by atoms with E-state index in [-0.39, 0.29) is 0 Å². The van der Waals surface area contributed by atoms with Crippen LogP contribution in [0.25, 0.3) is 0 Å². The molecule has 2 rings (SSSR count). The standard InChI is InChI=1S/C16H16N2O2/c1-11-7-12(9-17)3-4-13(11)10-20-15-6-5-14(18)8-16(15)19-2/h3-8H,10,18H2,1-2H3. The molecule has 0 aliphatic heterocycles. The molecule has 0 aromatic heterocycles. The first-order chi connectivity index (χ1) is 9.63. The van der Waals surface area contributed by atoms with E-state index in [1.165, 1.54) is 0 Å². The van der Waals surface area contributed by atoms with Crippen molar-refractivity contribution in [2.24, 2.45) is 0 Å². The van der Waals surface area contributed by atoms with Crippen LogP contribution in [0.3, 0.4) is 0 Å². The van der Waals surface area contributed by atoms with Gasteiger partial charge in [-0.05, 0) is 42.3 Å². The van der Waals surface area contributed by atoms with E-state index in [4.69, 9.17) is 20.5 Å². The fraction of sp³-hybridized carbons (Fsp3) is 0.188. The SMILES string of the molecule is COc1cc(N)ccc1OCc1ccc(C#N)cc1C. The van der Waals surface area contributed by atoms with Crippen molar-refractivity contribution in [2.75, 3.05) is 12.8 Å². The van der Waals surface area contributed by atoms with Gasteiger partial charge in [-0.1, -0.05) is 6.07 Å². The molecule has 2 aromatic carbocycles. The fourth-order valence-corrected chi connectivity index (χ4v) is 1.89. The average Bonchev–Trinajstić information content (AvgIpc) is 2.46. The van der Waals surface area contributed by atoms with Crippen molar-refractivity contribution in [3.63, 3.8) is 0 Å². The number of ether oxygens (including phenoxy) is 2. The summed E-state index contributed by atoms with van der Waals surface area (Å²) < 4.78 is 11.0. The minimum absolute atomic E-state index is 0.415. The van der Waals surface area contributed by atoms with Crippen LogP contribution in [0.2, 0.25) is 0 Å².